The highest BCUT2D eigenvalue weighted by Crippen LogP contribution is 2.59. The number of anilines is 1. The van der Waals surface area contributed by atoms with Gasteiger partial charge in [-0.25, -0.2) is 18.4 Å². The largest absolute Gasteiger partial charge is 0.465 e. The van der Waals surface area contributed by atoms with Gasteiger partial charge in [-0.05, 0) is 59.9 Å². The van der Waals surface area contributed by atoms with Crippen LogP contribution in [0.2, 0.25) is 0 Å². The van der Waals surface area contributed by atoms with E-state index in [2.05, 4.69) is 29.6 Å². The summed E-state index contributed by atoms with van der Waals surface area (Å²) in [5.41, 5.74) is 3.62. The second-order valence-electron chi connectivity index (χ2n) is 7.22. The van der Waals surface area contributed by atoms with Crippen molar-refractivity contribution in [2.45, 2.75) is 23.7 Å². The molecule has 3 N–H and O–H groups in total. The van der Waals surface area contributed by atoms with Gasteiger partial charge in [0.1, 0.15) is 0 Å². The Morgan fingerprint density at radius 1 is 1.26 bits per heavy atom. The first-order chi connectivity index (χ1) is 12.9. The zero-order valence-corrected chi connectivity index (χ0v) is 15.8. The summed E-state index contributed by atoms with van der Waals surface area (Å²) < 4.78 is 27.9. The average Bonchev–Trinajstić information content (AvgIpc) is 3.38. The number of carbonyl (C=O) groups is 1. The molecule has 0 unspecified atom stereocenters. The average molecular weight is 386 g/mol. The molecule has 0 aromatic heterocycles. The van der Waals surface area contributed by atoms with E-state index in [1.807, 2.05) is 0 Å². The number of hydrogen-bond donors (Lipinski definition) is 2. The zero-order chi connectivity index (χ0) is 19.2. The van der Waals surface area contributed by atoms with Gasteiger partial charge in [0.15, 0.2) is 0 Å². The Kier molecular flexibility index (Phi) is 4.44. The van der Waals surface area contributed by atoms with Gasteiger partial charge in [-0.1, -0.05) is 24.3 Å². The van der Waals surface area contributed by atoms with Crippen LogP contribution < -0.4 is 10.5 Å². The van der Waals surface area contributed by atoms with Gasteiger partial charge in [-0.15, -0.1) is 0 Å². The lowest BCUT2D eigenvalue weighted by Gasteiger charge is -2.13. The first-order valence-electron chi connectivity index (χ1n) is 8.97. The number of rotatable bonds is 5. The summed E-state index contributed by atoms with van der Waals surface area (Å²) in [4.78, 5) is 12.0. The van der Waals surface area contributed by atoms with E-state index in [1.54, 1.807) is 6.07 Å². The van der Waals surface area contributed by atoms with Crippen LogP contribution in [0.4, 0.5) is 5.69 Å². The maximum Gasteiger partial charge on any atom is 0.340 e. The predicted octanol–water partition coefficient (Wildman–Crippen LogP) is 2.51. The van der Waals surface area contributed by atoms with E-state index >= 15 is 0 Å². The molecular formula is C20H22N2O4S. The van der Waals surface area contributed by atoms with Crippen LogP contribution in [-0.2, 0) is 21.2 Å². The quantitative estimate of drug-likeness (QED) is 0.770. The summed E-state index contributed by atoms with van der Waals surface area (Å²) in [6.45, 7) is 0.725. The number of nitrogens with one attached hydrogen (secondary N) is 1. The van der Waals surface area contributed by atoms with E-state index in [0.717, 1.165) is 13.0 Å². The molecule has 0 bridgehead atoms. The number of fused-ring (bicyclic) bond motifs is 3. The van der Waals surface area contributed by atoms with E-state index in [4.69, 9.17) is 9.88 Å². The van der Waals surface area contributed by atoms with Crippen LogP contribution >= 0.6 is 0 Å². The Morgan fingerprint density at radius 2 is 2.04 bits per heavy atom. The van der Waals surface area contributed by atoms with Crippen molar-refractivity contribution < 1.29 is 17.9 Å². The molecule has 0 aliphatic heterocycles. The number of esters is 1. The minimum absolute atomic E-state index is 0.109. The Morgan fingerprint density at radius 3 is 2.78 bits per heavy atom. The number of carbonyl (C=O) groups excluding carboxylic acids is 1. The number of primary sulfonamides is 1. The van der Waals surface area contributed by atoms with Crippen LogP contribution in [0.1, 0.15) is 33.8 Å². The SMILES string of the molecule is COC(=O)c1cc(S(N)(=O)=O)ccc1NC[C@@H]1[C@@H]2CCc3ccccc3[C@@H]12. The highest BCUT2D eigenvalue weighted by molar-refractivity contribution is 7.89. The number of sulfonamides is 1. The standard InChI is InChI=1S/C20H22N2O4S/c1-26-20(23)16-10-13(27(21,24)25)7-9-18(16)22-11-17-15-8-6-12-4-2-3-5-14(12)19(15)17/h2-5,7,9-10,15,17,19,22H,6,8,11H2,1H3,(H2,21,24,25)/t15-,17+,19+/m0/s1. The summed E-state index contributed by atoms with van der Waals surface area (Å²) in [5.74, 6) is 1.14. The van der Waals surface area contributed by atoms with Crippen LogP contribution in [0, 0.1) is 11.8 Å². The molecule has 2 aromatic rings. The number of benzene rings is 2. The van der Waals surface area contributed by atoms with Crippen LogP contribution in [0.25, 0.3) is 0 Å². The van der Waals surface area contributed by atoms with E-state index in [1.165, 1.54) is 36.8 Å². The molecule has 142 valence electrons. The monoisotopic (exact) mass is 386 g/mol. The number of aryl methyl sites for hydroxylation is 1. The molecule has 3 atom stereocenters. The van der Waals surface area contributed by atoms with Crippen LogP contribution in [0.5, 0.6) is 0 Å². The van der Waals surface area contributed by atoms with Gasteiger partial charge in [0, 0.05) is 12.2 Å². The lowest BCUT2D eigenvalue weighted by molar-refractivity contribution is 0.0601. The molecule has 0 spiro atoms. The van der Waals surface area contributed by atoms with Crippen molar-refractivity contribution in [1.82, 2.24) is 0 Å². The van der Waals surface area contributed by atoms with Crippen molar-refractivity contribution in [3.05, 3.63) is 59.2 Å². The van der Waals surface area contributed by atoms with Crippen molar-refractivity contribution in [2.24, 2.45) is 17.0 Å². The Hall–Kier alpha value is -2.38. The molecule has 0 saturated heterocycles. The normalized spacial score (nSPS) is 23.1. The molecule has 0 heterocycles. The summed E-state index contributed by atoms with van der Waals surface area (Å²) in [7, 11) is -2.62. The lowest BCUT2D eigenvalue weighted by Crippen LogP contribution is -2.16. The molecule has 1 saturated carbocycles. The second-order valence-corrected chi connectivity index (χ2v) is 8.78. The first kappa shape index (κ1) is 18.0. The van der Waals surface area contributed by atoms with Crippen LogP contribution in [0.15, 0.2) is 47.4 Å². The minimum Gasteiger partial charge on any atom is -0.465 e. The highest BCUT2D eigenvalue weighted by atomic mass is 32.2. The third-order valence-electron chi connectivity index (χ3n) is 5.75. The van der Waals surface area contributed by atoms with Gasteiger partial charge in [-0.2, -0.15) is 0 Å². The summed E-state index contributed by atoms with van der Waals surface area (Å²) in [5, 5.41) is 8.49. The van der Waals surface area contributed by atoms with Crippen molar-refractivity contribution in [3.63, 3.8) is 0 Å². The minimum atomic E-state index is -3.89. The molecule has 6 nitrogen and oxygen atoms in total. The Labute approximate surface area is 158 Å². The number of methoxy groups -OCH3 is 1. The van der Waals surface area contributed by atoms with Gasteiger partial charge in [-0.3, -0.25) is 0 Å². The molecule has 2 aliphatic rings. The molecule has 7 heteroatoms. The third-order valence-corrected chi connectivity index (χ3v) is 6.66. The lowest BCUT2D eigenvalue weighted by atomic mass is 9.92. The van der Waals surface area contributed by atoms with Crippen molar-refractivity contribution >= 4 is 21.7 Å². The fourth-order valence-electron chi connectivity index (χ4n) is 4.35. The van der Waals surface area contributed by atoms with Gasteiger partial charge >= 0.3 is 5.97 Å². The number of hydrogen-bond acceptors (Lipinski definition) is 5. The topological polar surface area (TPSA) is 98.5 Å². The molecular weight excluding hydrogens is 364 g/mol. The summed E-state index contributed by atoms with van der Waals surface area (Å²) in [6.07, 6.45) is 2.30. The molecule has 2 aromatic carbocycles. The van der Waals surface area contributed by atoms with E-state index in [-0.39, 0.29) is 10.5 Å². The van der Waals surface area contributed by atoms with Gasteiger partial charge in [0.25, 0.3) is 0 Å². The molecule has 0 amide bonds. The van der Waals surface area contributed by atoms with Gasteiger partial charge < -0.3 is 10.1 Å². The fraction of sp³-hybridized carbons (Fsp3) is 0.350. The van der Waals surface area contributed by atoms with E-state index < -0.39 is 16.0 Å². The maximum atomic E-state index is 12.1. The first-order valence-corrected chi connectivity index (χ1v) is 10.5. The van der Waals surface area contributed by atoms with Gasteiger partial charge in [0.05, 0.1) is 17.6 Å². The smallest absolute Gasteiger partial charge is 0.340 e. The zero-order valence-electron chi connectivity index (χ0n) is 15.0. The van der Waals surface area contributed by atoms with Crippen molar-refractivity contribution in [3.8, 4) is 0 Å². The molecule has 4 rings (SSSR count). The molecule has 0 radical (unpaired) electrons. The Bertz CT molecular complexity index is 1000. The summed E-state index contributed by atoms with van der Waals surface area (Å²) in [6, 6.07) is 12.8. The second kappa shape index (κ2) is 6.65. The maximum absolute atomic E-state index is 12.1. The fourth-order valence-corrected chi connectivity index (χ4v) is 4.89. The Balaban J connectivity index is 1.53. The number of nitrogens with two attached hydrogens (primary N) is 1. The highest BCUT2D eigenvalue weighted by Gasteiger charge is 2.52. The molecule has 27 heavy (non-hydrogen) atoms. The van der Waals surface area contributed by atoms with Crippen LogP contribution in [-0.4, -0.2) is 28.0 Å². The van der Waals surface area contributed by atoms with Crippen LogP contribution in [0.3, 0.4) is 0 Å². The van der Waals surface area contributed by atoms with E-state index in [9.17, 15) is 13.2 Å². The van der Waals surface area contributed by atoms with Crippen molar-refractivity contribution in [2.75, 3.05) is 19.0 Å². The summed E-state index contributed by atoms with van der Waals surface area (Å²) >= 11 is 0. The molecule has 2 aliphatic carbocycles. The van der Waals surface area contributed by atoms with Gasteiger partial charge in [0.2, 0.25) is 10.0 Å². The predicted molar refractivity (Wildman–Crippen MR) is 102 cm³/mol. The number of ether oxygens (including phenoxy) is 1. The van der Waals surface area contributed by atoms with E-state index in [0.29, 0.717) is 23.4 Å². The third kappa shape index (κ3) is 3.33. The van der Waals surface area contributed by atoms with Crippen molar-refractivity contribution in [1.29, 1.82) is 0 Å². The molecule has 1 fully saturated rings.